The molecule has 1 heterocycles. The van der Waals surface area contributed by atoms with Crippen LogP contribution in [-0.2, 0) is 11.3 Å². The predicted octanol–water partition coefficient (Wildman–Crippen LogP) is -1.72. The molecule has 7 nitrogen and oxygen atoms in total. The van der Waals surface area contributed by atoms with Gasteiger partial charge in [-0.15, -0.1) is 0 Å². The van der Waals surface area contributed by atoms with Crippen LogP contribution in [0.5, 0.6) is 0 Å². The monoisotopic (exact) mass is 208 g/mol. The molecule has 0 saturated heterocycles. The maximum absolute atomic E-state index is 11.2. The van der Waals surface area contributed by atoms with Crippen molar-refractivity contribution in [2.45, 2.75) is 13.0 Å². The summed E-state index contributed by atoms with van der Waals surface area (Å²) in [6.07, 6.45) is 1.07. The molecule has 0 radical (unpaired) electrons. The van der Waals surface area contributed by atoms with Gasteiger partial charge in [0.05, 0.1) is 0 Å². The van der Waals surface area contributed by atoms with E-state index in [-0.39, 0.29) is 18.5 Å². The van der Waals surface area contributed by atoms with Crippen LogP contribution < -0.4 is 17.0 Å². The van der Waals surface area contributed by atoms with E-state index in [1.807, 2.05) is 4.98 Å². The number of hydrogen-bond acceptors (Lipinski definition) is 4. The van der Waals surface area contributed by atoms with Gasteiger partial charge in [-0.3, -0.25) is 19.1 Å². The normalized spacial score (nSPS) is 9.53. The van der Waals surface area contributed by atoms with Gasteiger partial charge in [0.15, 0.2) is 0 Å². The molecule has 1 rings (SSSR count). The van der Waals surface area contributed by atoms with Crippen molar-refractivity contribution in [1.82, 2.24) is 9.55 Å². The SMILES string of the molecule is N#Cc1cn(CCC(N)=O)c(=O)[nH]c1=O. The van der Waals surface area contributed by atoms with Crippen molar-refractivity contribution < 1.29 is 4.79 Å². The van der Waals surface area contributed by atoms with Crippen LogP contribution in [0.1, 0.15) is 12.0 Å². The summed E-state index contributed by atoms with van der Waals surface area (Å²) in [7, 11) is 0. The number of nitrogens with one attached hydrogen (secondary N) is 1. The Labute approximate surface area is 83.8 Å². The molecule has 0 saturated carbocycles. The fourth-order valence-electron chi connectivity index (χ4n) is 0.986. The molecule has 0 bridgehead atoms. The summed E-state index contributed by atoms with van der Waals surface area (Å²) < 4.78 is 1.06. The van der Waals surface area contributed by atoms with Gasteiger partial charge in [0.1, 0.15) is 11.6 Å². The van der Waals surface area contributed by atoms with Crippen molar-refractivity contribution in [3.8, 4) is 6.07 Å². The quantitative estimate of drug-likeness (QED) is 0.613. The summed E-state index contributed by atoms with van der Waals surface area (Å²) in [6.45, 7) is 0.0413. The topological polar surface area (TPSA) is 122 Å². The predicted molar refractivity (Wildman–Crippen MR) is 49.8 cm³/mol. The molecule has 0 spiro atoms. The summed E-state index contributed by atoms with van der Waals surface area (Å²) in [6, 6.07) is 1.63. The molecule has 1 amide bonds. The van der Waals surface area contributed by atoms with Crippen LogP contribution in [0.4, 0.5) is 0 Å². The third-order valence-electron chi connectivity index (χ3n) is 1.73. The van der Waals surface area contributed by atoms with E-state index in [1.165, 1.54) is 0 Å². The van der Waals surface area contributed by atoms with E-state index < -0.39 is 17.2 Å². The lowest BCUT2D eigenvalue weighted by atomic mass is 10.3. The maximum atomic E-state index is 11.2. The minimum Gasteiger partial charge on any atom is -0.370 e. The summed E-state index contributed by atoms with van der Waals surface area (Å²) >= 11 is 0. The van der Waals surface area contributed by atoms with Crippen molar-refractivity contribution in [1.29, 1.82) is 5.26 Å². The smallest absolute Gasteiger partial charge is 0.328 e. The number of rotatable bonds is 3. The van der Waals surface area contributed by atoms with E-state index >= 15 is 0 Å². The third kappa shape index (κ3) is 2.54. The van der Waals surface area contributed by atoms with Gasteiger partial charge in [0.25, 0.3) is 5.56 Å². The van der Waals surface area contributed by atoms with Gasteiger partial charge in [0.2, 0.25) is 5.91 Å². The molecule has 0 aliphatic rings. The zero-order valence-electron chi connectivity index (χ0n) is 7.69. The zero-order valence-corrected chi connectivity index (χ0v) is 7.69. The second kappa shape index (κ2) is 4.23. The molecule has 1 aromatic rings. The molecule has 0 fully saturated rings. The Hall–Kier alpha value is -2.36. The first-order chi connectivity index (χ1) is 7.04. The molecule has 78 valence electrons. The van der Waals surface area contributed by atoms with Crippen LogP contribution in [0.3, 0.4) is 0 Å². The largest absolute Gasteiger partial charge is 0.370 e. The fraction of sp³-hybridized carbons (Fsp3) is 0.250. The number of nitrogens with zero attached hydrogens (tertiary/aromatic N) is 2. The van der Waals surface area contributed by atoms with Crippen molar-refractivity contribution in [2.24, 2.45) is 5.73 Å². The minimum absolute atomic E-state index is 0.0309. The second-order valence-electron chi connectivity index (χ2n) is 2.82. The lowest BCUT2D eigenvalue weighted by Crippen LogP contribution is -2.32. The number of H-pyrrole nitrogens is 1. The van der Waals surface area contributed by atoms with E-state index in [1.54, 1.807) is 6.07 Å². The average Bonchev–Trinajstić information content (AvgIpc) is 2.16. The van der Waals surface area contributed by atoms with Gasteiger partial charge in [-0.2, -0.15) is 5.26 Å². The lowest BCUT2D eigenvalue weighted by Gasteiger charge is -2.02. The van der Waals surface area contributed by atoms with Crippen molar-refractivity contribution in [3.63, 3.8) is 0 Å². The number of amides is 1. The highest BCUT2D eigenvalue weighted by atomic mass is 16.2. The van der Waals surface area contributed by atoms with Crippen LogP contribution in [0.25, 0.3) is 0 Å². The van der Waals surface area contributed by atoms with Crippen LogP contribution in [-0.4, -0.2) is 15.5 Å². The summed E-state index contributed by atoms with van der Waals surface area (Å²) in [5.41, 5.74) is 3.31. The van der Waals surface area contributed by atoms with Crippen molar-refractivity contribution in [3.05, 3.63) is 32.6 Å². The maximum Gasteiger partial charge on any atom is 0.328 e. The Bertz CT molecular complexity index is 534. The molecule has 0 aromatic carbocycles. The highest BCUT2D eigenvalue weighted by molar-refractivity contribution is 5.73. The Balaban J connectivity index is 3.10. The van der Waals surface area contributed by atoms with Crippen LogP contribution in [0.2, 0.25) is 0 Å². The molecule has 0 aliphatic carbocycles. The van der Waals surface area contributed by atoms with Crippen molar-refractivity contribution >= 4 is 5.91 Å². The lowest BCUT2D eigenvalue weighted by molar-refractivity contribution is -0.118. The number of aromatic amines is 1. The number of carbonyl (C=O) groups excluding carboxylic acids is 1. The molecule has 0 aliphatic heterocycles. The molecule has 0 unspecified atom stereocenters. The highest BCUT2D eigenvalue weighted by Gasteiger charge is 2.04. The summed E-state index contributed by atoms with van der Waals surface area (Å²) in [5.74, 6) is -0.563. The number of carbonyl (C=O) groups is 1. The van der Waals surface area contributed by atoms with E-state index in [2.05, 4.69) is 0 Å². The molecule has 7 heteroatoms. The molecular formula is C8H8N4O3. The number of nitriles is 1. The van der Waals surface area contributed by atoms with E-state index in [9.17, 15) is 14.4 Å². The minimum atomic E-state index is -0.738. The molecule has 3 N–H and O–H groups in total. The first kappa shape index (κ1) is 10.7. The summed E-state index contributed by atoms with van der Waals surface area (Å²) in [5, 5.41) is 8.53. The number of aromatic nitrogens is 2. The third-order valence-corrected chi connectivity index (χ3v) is 1.73. The second-order valence-corrected chi connectivity index (χ2v) is 2.82. The zero-order chi connectivity index (χ0) is 11.4. The van der Waals surface area contributed by atoms with Crippen LogP contribution in [0, 0.1) is 11.3 Å². The van der Waals surface area contributed by atoms with Gasteiger partial charge in [-0.1, -0.05) is 0 Å². The molecular weight excluding hydrogens is 200 g/mol. The molecule has 1 aromatic heterocycles. The van der Waals surface area contributed by atoms with Gasteiger partial charge < -0.3 is 5.73 Å². The van der Waals surface area contributed by atoms with Gasteiger partial charge in [-0.25, -0.2) is 4.79 Å². The number of aryl methyl sites for hydroxylation is 1. The summed E-state index contributed by atoms with van der Waals surface area (Å²) in [4.78, 5) is 34.6. The fourth-order valence-corrected chi connectivity index (χ4v) is 0.986. The molecule has 0 atom stereocenters. The van der Waals surface area contributed by atoms with E-state index in [4.69, 9.17) is 11.0 Å². The number of nitrogens with two attached hydrogens (primary N) is 1. The first-order valence-electron chi connectivity index (χ1n) is 4.06. The van der Waals surface area contributed by atoms with Crippen molar-refractivity contribution in [2.75, 3.05) is 0 Å². The Morgan fingerprint density at radius 3 is 2.80 bits per heavy atom. The molecule has 15 heavy (non-hydrogen) atoms. The standard InChI is InChI=1S/C8H8N4O3/c9-3-5-4-12(2-1-6(10)13)8(15)11-7(5)14/h4H,1-2H2,(H2,10,13)(H,11,14,15). The van der Waals surface area contributed by atoms with Gasteiger partial charge in [0, 0.05) is 19.2 Å². The van der Waals surface area contributed by atoms with Crippen LogP contribution in [0.15, 0.2) is 15.8 Å². The van der Waals surface area contributed by atoms with Gasteiger partial charge >= 0.3 is 5.69 Å². The average molecular weight is 208 g/mol. The van der Waals surface area contributed by atoms with E-state index in [0.717, 1.165) is 10.8 Å². The highest BCUT2D eigenvalue weighted by Crippen LogP contribution is 1.87. The number of primary amides is 1. The Morgan fingerprint density at radius 2 is 2.27 bits per heavy atom. The number of hydrogen-bond donors (Lipinski definition) is 2. The Morgan fingerprint density at radius 1 is 1.60 bits per heavy atom. The van der Waals surface area contributed by atoms with Crippen LogP contribution >= 0.6 is 0 Å². The van der Waals surface area contributed by atoms with Gasteiger partial charge in [-0.05, 0) is 0 Å². The Kier molecular flexibility index (Phi) is 3.03. The first-order valence-corrected chi connectivity index (χ1v) is 4.06. The van der Waals surface area contributed by atoms with E-state index in [0.29, 0.717) is 0 Å².